The van der Waals surface area contributed by atoms with Crippen LogP contribution in [0.1, 0.15) is 18.2 Å². The molecule has 0 amide bonds. The summed E-state index contributed by atoms with van der Waals surface area (Å²) < 4.78 is 7.45. The summed E-state index contributed by atoms with van der Waals surface area (Å²) in [4.78, 5) is 0. The molecule has 114 valence electrons. The predicted octanol–water partition coefficient (Wildman–Crippen LogP) is 4.62. The third kappa shape index (κ3) is 2.64. The van der Waals surface area contributed by atoms with E-state index in [0.717, 1.165) is 29.4 Å². The summed E-state index contributed by atoms with van der Waals surface area (Å²) in [5.41, 5.74) is 3.46. The molecular weight excluding hydrogens is 298 g/mol. The lowest BCUT2D eigenvalue weighted by Crippen LogP contribution is -2.03. The van der Waals surface area contributed by atoms with Crippen LogP contribution in [0.25, 0.3) is 10.9 Å². The Morgan fingerprint density at radius 2 is 1.95 bits per heavy atom. The zero-order valence-electron chi connectivity index (χ0n) is 12.6. The van der Waals surface area contributed by atoms with E-state index in [1.807, 2.05) is 24.3 Å². The molecule has 3 aromatic rings. The third-order valence-electron chi connectivity index (χ3n) is 3.89. The Hall–Kier alpha value is -2.13. The quantitative estimate of drug-likeness (QED) is 0.762. The van der Waals surface area contributed by atoms with Gasteiger partial charge in [-0.3, -0.25) is 0 Å². The first-order valence-corrected chi connectivity index (χ1v) is 7.63. The fraction of sp³-hybridized carbons (Fsp3) is 0.222. The molecule has 4 heteroatoms. The maximum Gasteiger partial charge on any atom is 0.137 e. The normalized spacial score (nSPS) is 11.0. The highest BCUT2D eigenvalue weighted by Crippen LogP contribution is 2.28. The highest BCUT2D eigenvalue weighted by atomic mass is 35.5. The van der Waals surface area contributed by atoms with Crippen LogP contribution in [0.3, 0.4) is 0 Å². The average Bonchev–Trinajstić information content (AvgIpc) is 2.84. The molecule has 0 unspecified atom stereocenters. The first-order chi connectivity index (χ1) is 10.6. The third-order valence-corrected chi connectivity index (χ3v) is 4.19. The highest BCUT2D eigenvalue weighted by molar-refractivity contribution is 6.32. The number of aryl methyl sites for hydroxylation is 1. The Morgan fingerprint density at radius 1 is 1.14 bits per heavy atom. The molecule has 3 rings (SSSR count). The number of rotatable bonds is 4. The van der Waals surface area contributed by atoms with Crippen molar-refractivity contribution in [1.82, 2.24) is 4.57 Å². The summed E-state index contributed by atoms with van der Waals surface area (Å²) in [5, 5.41) is 11.3. The number of ether oxygens (including phenoxy) is 1. The molecule has 0 saturated carbocycles. The second-order valence-electron chi connectivity index (χ2n) is 5.29. The maximum absolute atomic E-state index is 9.65. The van der Waals surface area contributed by atoms with Gasteiger partial charge in [-0.05, 0) is 48.4 Å². The van der Waals surface area contributed by atoms with Crippen LogP contribution in [0.5, 0.6) is 11.5 Å². The number of nitrogens with zero attached hydrogens (tertiary/aromatic N) is 1. The number of fused-ring (bicyclic) bond motifs is 1. The van der Waals surface area contributed by atoms with Crippen molar-refractivity contribution in [1.29, 1.82) is 0 Å². The van der Waals surface area contributed by atoms with Crippen molar-refractivity contribution in [3.8, 4) is 11.5 Å². The molecule has 0 radical (unpaired) electrons. The van der Waals surface area contributed by atoms with Gasteiger partial charge in [0, 0.05) is 23.1 Å². The number of phenolic OH excluding ortho intramolecular Hbond substituents is 1. The monoisotopic (exact) mass is 315 g/mol. The highest BCUT2D eigenvalue weighted by Gasteiger charge is 2.10. The van der Waals surface area contributed by atoms with Crippen LogP contribution in [0.15, 0.2) is 42.5 Å². The second kappa shape index (κ2) is 5.93. The minimum atomic E-state index is 0.291. The van der Waals surface area contributed by atoms with Gasteiger partial charge in [0.05, 0.1) is 12.1 Å². The van der Waals surface area contributed by atoms with Gasteiger partial charge in [-0.25, -0.2) is 0 Å². The van der Waals surface area contributed by atoms with Crippen molar-refractivity contribution >= 4 is 22.5 Å². The Balaban J connectivity index is 2.04. The number of phenols is 1. The Labute approximate surface area is 134 Å². The molecule has 0 aliphatic heterocycles. The number of hydrogen-bond donors (Lipinski definition) is 1. The first-order valence-electron chi connectivity index (χ1n) is 7.26. The molecule has 1 N–H and O–H groups in total. The molecule has 0 aliphatic rings. The molecule has 22 heavy (non-hydrogen) atoms. The van der Waals surface area contributed by atoms with Gasteiger partial charge < -0.3 is 14.4 Å². The van der Waals surface area contributed by atoms with Crippen LogP contribution in [-0.2, 0) is 13.0 Å². The smallest absolute Gasteiger partial charge is 0.137 e. The lowest BCUT2D eigenvalue weighted by molar-refractivity contribution is 0.415. The van der Waals surface area contributed by atoms with Gasteiger partial charge >= 0.3 is 0 Å². The van der Waals surface area contributed by atoms with Crippen LogP contribution in [0, 0.1) is 0 Å². The average molecular weight is 316 g/mol. The number of aromatic nitrogens is 1. The molecule has 0 fully saturated rings. The molecule has 0 aliphatic carbocycles. The Morgan fingerprint density at radius 3 is 2.64 bits per heavy atom. The van der Waals surface area contributed by atoms with Gasteiger partial charge in [0.15, 0.2) is 0 Å². The van der Waals surface area contributed by atoms with Crippen molar-refractivity contribution in [3.05, 3.63) is 58.7 Å². The van der Waals surface area contributed by atoms with E-state index < -0.39 is 0 Å². The fourth-order valence-electron chi connectivity index (χ4n) is 2.79. The molecule has 0 bridgehead atoms. The summed E-state index contributed by atoms with van der Waals surface area (Å²) in [6.07, 6.45) is 0.930. The molecule has 1 aromatic heterocycles. The standard InChI is InChI=1S/C18H18ClNO2/c1-3-14-9-13-10-15(21)5-6-17(13)20(14)11-12-4-7-18(22-2)16(19)8-12/h4-10,21H,3,11H2,1-2H3. The lowest BCUT2D eigenvalue weighted by atomic mass is 10.2. The SMILES string of the molecule is CCc1cc2cc(O)ccc2n1Cc1ccc(OC)c(Cl)c1. The predicted molar refractivity (Wildman–Crippen MR) is 90.1 cm³/mol. The molecule has 3 nitrogen and oxygen atoms in total. The van der Waals surface area contributed by atoms with Gasteiger partial charge in [-0.1, -0.05) is 24.6 Å². The minimum Gasteiger partial charge on any atom is -0.508 e. The zero-order chi connectivity index (χ0) is 15.7. The number of methoxy groups -OCH3 is 1. The van der Waals surface area contributed by atoms with Gasteiger partial charge in [-0.15, -0.1) is 0 Å². The second-order valence-corrected chi connectivity index (χ2v) is 5.69. The van der Waals surface area contributed by atoms with Crippen molar-refractivity contribution in [2.75, 3.05) is 7.11 Å². The Kier molecular flexibility index (Phi) is 3.99. The van der Waals surface area contributed by atoms with Gasteiger partial charge in [-0.2, -0.15) is 0 Å². The van der Waals surface area contributed by atoms with E-state index in [4.69, 9.17) is 16.3 Å². The molecular formula is C18H18ClNO2. The minimum absolute atomic E-state index is 0.291. The summed E-state index contributed by atoms with van der Waals surface area (Å²) in [6.45, 7) is 2.87. The van der Waals surface area contributed by atoms with E-state index in [9.17, 15) is 5.11 Å². The number of aromatic hydroxyl groups is 1. The van der Waals surface area contributed by atoms with E-state index in [0.29, 0.717) is 16.5 Å². The summed E-state index contributed by atoms with van der Waals surface area (Å²) in [6, 6.07) is 13.4. The topological polar surface area (TPSA) is 34.4 Å². The van der Waals surface area contributed by atoms with Crippen LogP contribution >= 0.6 is 11.6 Å². The van der Waals surface area contributed by atoms with Crippen molar-refractivity contribution in [2.45, 2.75) is 19.9 Å². The van der Waals surface area contributed by atoms with Crippen LogP contribution in [0.4, 0.5) is 0 Å². The van der Waals surface area contributed by atoms with Crippen molar-refractivity contribution in [3.63, 3.8) is 0 Å². The van der Waals surface area contributed by atoms with E-state index in [2.05, 4.69) is 17.6 Å². The van der Waals surface area contributed by atoms with E-state index in [1.165, 1.54) is 5.69 Å². The molecule has 2 aromatic carbocycles. The zero-order valence-corrected chi connectivity index (χ0v) is 13.4. The summed E-state index contributed by atoms with van der Waals surface area (Å²) in [5.74, 6) is 0.975. The van der Waals surface area contributed by atoms with E-state index in [1.54, 1.807) is 19.2 Å². The number of benzene rings is 2. The van der Waals surface area contributed by atoms with Crippen LogP contribution in [0.2, 0.25) is 5.02 Å². The number of hydrogen-bond acceptors (Lipinski definition) is 2. The molecule has 0 saturated heterocycles. The Bertz CT molecular complexity index is 823. The first kappa shape index (κ1) is 14.8. The summed E-state index contributed by atoms with van der Waals surface area (Å²) >= 11 is 6.22. The summed E-state index contributed by atoms with van der Waals surface area (Å²) in [7, 11) is 1.61. The fourth-order valence-corrected chi connectivity index (χ4v) is 3.07. The van der Waals surface area contributed by atoms with Gasteiger partial charge in [0.2, 0.25) is 0 Å². The molecule has 0 atom stereocenters. The van der Waals surface area contributed by atoms with Crippen molar-refractivity contribution < 1.29 is 9.84 Å². The van der Waals surface area contributed by atoms with Gasteiger partial charge in [0.25, 0.3) is 0 Å². The largest absolute Gasteiger partial charge is 0.508 e. The maximum atomic E-state index is 9.65. The van der Waals surface area contributed by atoms with Crippen LogP contribution in [-0.4, -0.2) is 16.8 Å². The van der Waals surface area contributed by atoms with E-state index >= 15 is 0 Å². The van der Waals surface area contributed by atoms with Crippen LogP contribution < -0.4 is 4.74 Å². The molecule has 0 spiro atoms. The van der Waals surface area contributed by atoms with E-state index in [-0.39, 0.29) is 0 Å². The lowest BCUT2D eigenvalue weighted by Gasteiger charge is -2.11. The number of halogens is 1. The van der Waals surface area contributed by atoms with Crippen molar-refractivity contribution in [2.24, 2.45) is 0 Å². The van der Waals surface area contributed by atoms with Gasteiger partial charge in [0.1, 0.15) is 11.5 Å². The molecule has 1 heterocycles.